The lowest BCUT2D eigenvalue weighted by Gasteiger charge is -2.30. The summed E-state index contributed by atoms with van der Waals surface area (Å²) < 4.78 is 10.9. The summed E-state index contributed by atoms with van der Waals surface area (Å²) in [5.74, 6) is 0.0739. The van der Waals surface area contributed by atoms with E-state index in [1.807, 2.05) is 20.8 Å². The predicted octanol–water partition coefficient (Wildman–Crippen LogP) is 1.16. The van der Waals surface area contributed by atoms with Crippen molar-refractivity contribution in [1.82, 2.24) is 5.32 Å². The molecule has 106 valence electrons. The number of rotatable bonds is 10. The molecule has 5 heteroatoms. The standard InChI is InChI=1S/C13H25NO4/c1-11(16)6-13(4,17-5)9-18-8-12(2,3)7-14-10-15/h10H,6-9H2,1-5H3,(H,14,15). The number of Topliss-reactive ketones (excluding diaryl/α,β-unsaturated/α-hetero) is 1. The van der Waals surface area contributed by atoms with Crippen LogP contribution in [0.15, 0.2) is 0 Å². The lowest BCUT2D eigenvalue weighted by atomic mass is 9.94. The Bertz CT molecular complexity index is 278. The first-order valence-corrected chi connectivity index (χ1v) is 6.04. The summed E-state index contributed by atoms with van der Waals surface area (Å²) in [7, 11) is 1.57. The van der Waals surface area contributed by atoms with E-state index in [0.717, 1.165) is 0 Å². The molecule has 0 aliphatic carbocycles. The number of ether oxygens (including phenoxy) is 2. The molecule has 0 bridgehead atoms. The Balaban J connectivity index is 4.13. The fourth-order valence-electron chi connectivity index (χ4n) is 1.62. The summed E-state index contributed by atoms with van der Waals surface area (Å²) in [4.78, 5) is 21.4. The van der Waals surface area contributed by atoms with Crippen molar-refractivity contribution in [2.24, 2.45) is 5.41 Å². The average molecular weight is 259 g/mol. The Morgan fingerprint density at radius 3 is 2.33 bits per heavy atom. The zero-order chi connectivity index (χ0) is 14.2. The summed E-state index contributed by atoms with van der Waals surface area (Å²) in [6.45, 7) is 8.78. The maximum absolute atomic E-state index is 11.1. The van der Waals surface area contributed by atoms with Gasteiger partial charge in [-0.25, -0.2) is 0 Å². The minimum absolute atomic E-state index is 0.0739. The minimum Gasteiger partial charge on any atom is -0.378 e. The van der Waals surface area contributed by atoms with E-state index in [4.69, 9.17) is 9.47 Å². The third kappa shape index (κ3) is 7.40. The van der Waals surface area contributed by atoms with Gasteiger partial charge in [0, 0.05) is 25.5 Å². The molecule has 1 unspecified atom stereocenters. The highest BCUT2D eigenvalue weighted by Gasteiger charge is 2.27. The van der Waals surface area contributed by atoms with Crippen LogP contribution in [0.5, 0.6) is 0 Å². The van der Waals surface area contributed by atoms with E-state index < -0.39 is 5.60 Å². The number of nitrogens with one attached hydrogen (secondary N) is 1. The van der Waals surface area contributed by atoms with E-state index in [-0.39, 0.29) is 11.2 Å². The van der Waals surface area contributed by atoms with Crippen LogP contribution in [0.25, 0.3) is 0 Å². The van der Waals surface area contributed by atoms with E-state index in [1.54, 1.807) is 7.11 Å². The molecule has 0 spiro atoms. The molecule has 0 saturated heterocycles. The van der Waals surface area contributed by atoms with Gasteiger partial charge in [0.2, 0.25) is 6.41 Å². The summed E-state index contributed by atoms with van der Waals surface area (Å²) in [5.41, 5.74) is -0.730. The molecule has 5 nitrogen and oxygen atoms in total. The molecule has 1 atom stereocenters. The average Bonchev–Trinajstić information content (AvgIpc) is 2.25. The van der Waals surface area contributed by atoms with Crippen LogP contribution < -0.4 is 5.32 Å². The molecule has 1 N–H and O–H groups in total. The van der Waals surface area contributed by atoms with Crippen LogP contribution in [-0.4, -0.2) is 44.7 Å². The van der Waals surface area contributed by atoms with Gasteiger partial charge in [0.1, 0.15) is 5.78 Å². The first-order valence-electron chi connectivity index (χ1n) is 6.04. The Hall–Kier alpha value is -0.940. The van der Waals surface area contributed by atoms with E-state index in [1.165, 1.54) is 6.92 Å². The summed E-state index contributed by atoms with van der Waals surface area (Å²) >= 11 is 0. The third-order valence-corrected chi connectivity index (χ3v) is 2.68. The maximum atomic E-state index is 11.1. The van der Waals surface area contributed by atoms with Crippen molar-refractivity contribution in [2.75, 3.05) is 26.9 Å². The van der Waals surface area contributed by atoms with Crippen molar-refractivity contribution in [3.8, 4) is 0 Å². The lowest BCUT2D eigenvalue weighted by Crippen LogP contribution is -2.38. The number of amides is 1. The second kappa shape index (κ2) is 7.48. The van der Waals surface area contributed by atoms with Crippen LogP contribution in [0.3, 0.4) is 0 Å². The van der Waals surface area contributed by atoms with E-state index >= 15 is 0 Å². The molecule has 0 saturated carbocycles. The van der Waals surface area contributed by atoms with Crippen molar-refractivity contribution in [3.63, 3.8) is 0 Å². The first kappa shape index (κ1) is 17.1. The van der Waals surface area contributed by atoms with Crippen LogP contribution in [0.2, 0.25) is 0 Å². The number of hydrogen-bond acceptors (Lipinski definition) is 4. The molecule has 0 aromatic carbocycles. The number of carbonyl (C=O) groups is 2. The smallest absolute Gasteiger partial charge is 0.207 e. The molecule has 1 amide bonds. The SMILES string of the molecule is COC(C)(COCC(C)(C)CNC=O)CC(C)=O. The highest BCUT2D eigenvalue weighted by molar-refractivity contribution is 5.76. The Kier molecular flexibility index (Phi) is 7.09. The molecular formula is C13H25NO4. The van der Waals surface area contributed by atoms with Crippen LogP contribution in [-0.2, 0) is 19.1 Å². The third-order valence-electron chi connectivity index (χ3n) is 2.68. The maximum Gasteiger partial charge on any atom is 0.207 e. The summed E-state index contributed by atoms with van der Waals surface area (Å²) in [5, 5.41) is 2.64. The Labute approximate surface area is 109 Å². The van der Waals surface area contributed by atoms with Gasteiger partial charge in [0.15, 0.2) is 0 Å². The number of ketones is 1. The number of methoxy groups -OCH3 is 1. The Morgan fingerprint density at radius 1 is 1.28 bits per heavy atom. The molecule has 0 aliphatic rings. The van der Waals surface area contributed by atoms with Gasteiger partial charge in [-0.3, -0.25) is 9.59 Å². The molecule has 0 aliphatic heterocycles. The molecule has 0 heterocycles. The van der Waals surface area contributed by atoms with E-state index in [9.17, 15) is 9.59 Å². The normalized spacial score (nSPS) is 14.9. The van der Waals surface area contributed by atoms with Crippen molar-refractivity contribution < 1.29 is 19.1 Å². The molecule has 0 radical (unpaired) electrons. The minimum atomic E-state index is -0.583. The first-order chi connectivity index (χ1) is 8.24. The molecule has 0 aromatic heterocycles. The van der Waals surface area contributed by atoms with Crippen molar-refractivity contribution >= 4 is 12.2 Å². The van der Waals surface area contributed by atoms with Gasteiger partial charge in [-0.05, 0) is 13.8 Å². The summed E-state index contributed by atoms with van der Waals surface area (Å²) in [6.07, 6.45) is 1.01. The van der Waals surface area contributed by atoms with E-state index in [2.05, 4.69) is 5.32 Å². The van der Waals surface area contributed by atoms with Crippen molar-refractivity contribution in [2.45, 2.75) is 39.7 Å². The second-order valence-corrected chi connectivity index (χ2v) is 5.69. The zero-order valence-electron chi connectivity index (χ0n) is 12.0. The van der Waals surface area contributed by atoms with Gasteiger partial charge in [-0.2, -0.15) is 0 Å². The largest absolute Gasteiger partial charge is 0.378 e. The van der Waals surface area contributed by atoms with Gasteiger partial charge < -0.3 is 14.8 Å². The van der Waals surface area contributed by atoms with E-state index in [0.29, 0.717) is 32.6 Å². The number of carbonyl (C=O) groups excluding carboxylic acids is 2. The quantitative estimate of drug-likeness (QED) is 0.598. The lowest BCUT2D eigenvalue weighted by molar-refractivity contribution is -0.128. The monoisotopic (exact) mass is 259 g/mol. The molecule has 18 heavy (non-hydrogen) atoms. The van der Waals surface area contributed by atoms with Gasteiger partial charge in [0.05, 0.1) is 18.8 Å². The fraction of sp³-hybridized carbons (Fsp3) is 0.846. The van der Waals surface area contributed by atoms with Crippen LogP contribution in [0.4, 0.5) is 0 Å². The van der Waals surface area contributed by atoms with Gasteiger partial charge in [0.25, 0.3) is 0 Å². The molecule has 0 rings (SSSR count). The van der Waals surface area contributed by atoms with Gasteiger partial charge in [-0.1, -0.05) is 13.8 Å². The zero-order valence-corrected chi connectivity index (χ0v) is 12.0. The number of hydrogen-bond donors (Lipinski definition) is 1. The van der Waals surface area contributed by atoms with Crippen LogP contribution >= 0.6 is 0 Å². The van der Waals surface area contributed by atoms with Crippen LogP contribution in [0, 0.1) is 5.41 Å². The van der Waals surface area contributed by atoms with Crippen molar-refractivity contribution in [1.29, 1.82) is 0 Å². The molecular weight excluding hydrogens is 234 g/mol. The van der Waals surface area contributed by atoms with Gasteiger partial charge in [-0.15, -0.1) is 0 Å². The Morgan fingerprint density at radius 2 is 1.89 bits per heavy atom. The van der Waals surface area contributed by atoms with Crippen LogP contribution in [0.1, 0.15) is 34.1 Å². The fourth-order valence-corrected chi connectivity index (χ4v) is 1.62. The molecule has 0 fully saturated rings. The highest BCUT2D eigenvalue weighted by Crippen LogP contribution is 2.19. The summed E-state index contributed by atoms with van der Waals surface area (Å²) in [6, 6.07) is 0. The van der Waals surface area contributed by atoms with Crippen molar-refractivity contribution in [3.05, 3.63) is 0 Å². The molecule has 0 aromatic rings. The predicted molar refractivity (Wildman–Crippen MR) is 69.4 cm³/mol. The highest BCUT2D eigenvalue weighted by atomic mass is 16.5. The topological polar surface area (TPSA) is 64.6 Å². The second-order valence-electron chi connectivity index (χ2n) is 5.69. The van der Waals surface area contributed by atoms with Gasteiger partial charge >= 0.3 is 0 Å².